The van der Waals surface area contributed by atoms with Crippen LogP contribution in [0.5, 0.6) is 0 Å². The van der Waals surface area contributed by atoms with E-state index in [2.05, 4.69) is 41.5 Å². The van der Waals surface area contributed by atoms with E-state index in [0.717, 1.165) is 13.1 Å². The van der Waals surface area contributed by atoms with Gasteiger partial charge < -0.3 is 10.6 Å². The van der Waals surface area contributed by atoms with Gasteiger partial charge in [0.1, 0.15) is 6.04 Å². The highest BCUT2D eigenvalue weighted by Gasteiger charge is 2.21. The van der Waals surface area contributed by atoms with Crippen LogP contribution in [0.4, 0.5) is 0 Å². The van der Waals surface area contributed by atoms with Crippen molar-refractivity contribution >= 4 is 11.8 Å². The smallest absolute Gasteiger partial charge is 0.251 e. The number of hydrogen-bond acceptors (Lipinski definition) is 3. The lowest BCUT2D eigenvalue weighted by Gasteiger charge is -2.30. The lowest BCUT2D eigenvalue weighted by molar-refractivity contribution is -0.122. The topological polar surface area (TPSA) is 61.4 Å². The molecule has 0 aliphatic heterocycles. The molecular weight excluding hydrogens is 338 g/mol. The molecule has 0 aromatic heterocycles. The van der Waals surface area contributed by atoms with Gasteiger partial charge in [0.25, 0.3) is 5.91 Å². The molecule has 5 nitrogen and oxygen atoms in total. The highest BCUT2D eigenvalue weighted by Crippen LogP contribution is 2.19. The van der Waals surface area contributed by atoms with Gasteiger partial charge in [-0.05, 0) is 37.7 Å². The molecule has 0 radical (unpaired) electrons. The first-order chi connectivity index (χ1) is 13.1. The van der Waals surface area contributed by atoms with Crippen LogP contribution in [0, 0.1) is 0 Å². The average molecular weight is 367 g/mol. The van der Waals surface area contributed by atoms with Crippen molar-refractivity contribution in [2.45, 2.75) is 32.9 Å². The van der Waals surface area contributed by atoms with Crippen LogP contribution in [-0.4, -0.2) is 42.4 Å². The lowest BCUT2D eigenvalue weighted by Crippen LogP contribution is -2.47. The molecule has 2 aromatic rings. The van der Waals surface area contributed by atoms with Gasteiger partial charge in [0.05, 0.1) is 6.04 Å². The minimum atomic E-state index is -0.606. The first-order valence-electron chi connectivity index (χ1n) is 9.49. The standard InChI is InChI=1S/C22H29N3O2/c1-4-25(5-2)20(18-12-8-6-9-13-18)16-23-21(26)17(3)24-22(27)19-14-10-7-11-15-19/h6-15,17,20H,4-5,16H2,1-3H3,(H,23,26)(H,24,27). The van der Waals surface area contributed by atoms with Crippen molar-refractivity contribution in [1.29, 1.82) is 0 Å². The Morgan fingerprint density at radius 2 is 1.48 bits per heavy atom. The van der Waals surface area contributed by atoms with E-state index >= 15 is 0 Å². The van der Waals surface area contributed by atoms with Gasteiger partial charge in [0.15, 0.2) is 0 Å². The Labute approximate surface area is 161 Å². The van der Waals surface area contributed by atoms with E-state index < -0.39 is 6.04 Å². The zero-order chi connectivity index (χ0) is 19.6. The molecule has 2 N–H and O–H groups in total. The number of likely N-dealkylation sites (N-methyl/N-ethyl adjacent to an activating group) is 1. The summed E-state index contributed by atoms with van der Waals surface area (Å²) in [5, 5.41) is 5.74. The number of benzene rings is 2. The molecule has 0 bridgehead atoms. The normalized spacial score (nSPS) is 13.0. The van der Waals surface area contributed by atoms with Crippen molar-refractivity contribution < 1.29 is 9.59 Å². The summed E-state index contributed by atoms with van der Waals surface area (Å²) in [7, 11) is 0. The number of carbonyl (C=O) groups excluding carboxylic acids is 2. The molecule has 0 saturated carbocycles. The maximum Gasteiger partial charge on any atom is 0.251 e. The third-order valence-corrected chi connectivity index (χ3v) is 4.68. The number of nitrogens with zero attached hydrogens (tertiary/aromatic N) is 1. The van der Waals surface area contributed by atoms with Crippen LogP contribution in [0.3, 0.4) is 0 Å². The van der Waals surface area contributed by atoms with Gasteiger partial charge in [-0.15, -0.1) is 0 Å². The number of hydrogen-bond donors (Lipinski definition) is 2. The monoisotopic (exact) mass is 367 g/mol. The van der Waals surface area contributed by atoms with Crippen LogP contribution < -0.4 is 10.6 Å². The Morgan fingerprint density at radius 1 is 0.926 bits per heavy atom. The molecule has 0 heterocycles. The first kappa shape index (κ1) is 20.6. The molecule has 27 heavy (non-hydrogen) atoms. The van der Waals surface area contributed by atoms with Crippen molar-refractivity contribution in [3.63, 3.8) is 0 Å². The van der Waals surface area contributed by atoms with Gasteiger partial charge in [-0.25, -0.2) is 0 Å². The fourth-order valence-corrected chi connectivity index (χ4v) is 3.08. The Balaban J connectivity index is 1.97. The Morgan fingerprint density at radius 3 is 2.04 bits per heavy atom. The Kier molecular flexibility index (Phi) is 8.01. The third-order valence-electron chi connectivity index (χ3n) is 4.68. The van der Waals surface area contributed by atoms with Gasteiger partial charge in [-0.3, -0.25) is 14.5 Å². The average Bonchev–Trinajstić information content (AvgIpc) is 2.72. The number of rotatable bonds is 9. The second kappa shape index (κ2) is 10.5. The summed E-state index contributed by atoms with van der Waals surface area (Å²) in [5.74, 6) is -0.436. The number of nitrogens with one attached hydrogen (secondary N) is 2. The van der Waals surface area contributed by atoms with Crippen LogP contribution in [0.2, 0.25) is 0 Å². The predicted molar refractivity (Wildman–Crippen MR) is 108 cm³/mol. The number of carbonyl (C=O) groups is 2. The molecule has 2 atom stereocenters. The molecule has 5 heteroatoms. The van der Waals surface area contributed by atoms with Crippen molar-refractivity contribution in [3.05, 3.63) is 71.8 Å². The van der Waals surface area contributed by atoms with Crippen LogP contribution in [0.1, 0.15) is 42.7 Å². The molecule has 0 fully saturated rings. The number of amides is 2. The van der Waals surface area contributed by atoms with Crippen molar-refractivity contribution in [3.8, 4) is 0 Å². The molecule has 0 aliphatic rings. The maximum atomic E-state index is 12.5. The molecule has 2 amide bonds. The SMILES string of the molecule is CCN(CC)C(CNC(=O)C(C)NC(=O)c1ccccc1)c1ccccc1. The van der Waals surface area contributed by atoms with E-state index in [1.807, 2.05) is 24.3 Å². The van der Waals surface area contributed by atoms with Gasteiger partial charge in [-0.2, -0.15) is 0 Å². The Hall–Kier alpha value is -2.66. The highest BCUT2D eigenvalue weighted by molar-refractivity contribution is 5.97. The quantitative estimate of drug-likeness (QED) is 0.716. The molecule has 144 valence electrons. The summed E-state index contributed by atoms with van der Waals surface area (Å²) in [4.78, 5) is 27.0. The molecule has 2 aromatic carbocycles. The van der Waals surface area contributed by atoms with Crippen molar-refractivity contribution in [1.82, 2.24) is 15.5 Å². The van der Waals surface area contributed by atoms with E-state index in [-0.39, 0.29) is 17.9 Å². The minimum Gasteiger partial charge on any atom is -0.352 e. The summed E-state index contributed by atoms with van der Waals surface area (Å²) in [6.45, 7) is 8.22. The van der Waals surface area contributed by atoms with Crippen molar-refractivity contribution in [2.75, 3.05) is 19.6 Å². The molecule has 2 rings (SSSR count). The largest absolute Gasteiger partial charge is 0.352 e. The summed E-state index contributed by atoms with van der Waals surface area (Å²) < 4.78 is 0. The van der Waals surface area contributed by atoms with Gasteiger partial charge in [-0.1, -0.05) is 62.4 Å². The van der Waals surface area contributed by atoms with Crippen LogP contribution >= 0.6 is 0 Å². The minimum absolute atomic E-state index is 0.0992. The third kappa shape index (κ3) is 5.93. The van der Waals surface area contributed by atoms with E-state index in [0.29, 0.717) is 12.1 Å². The molecule has 0 spiro atoms. The Bertz CT molecular complexity index is 715. The highest BCUT2D eigenvalue weighted by atomic mass is 16.2. The van der Waals surface area contributed by atoms with Gasteiger partial charge in [0, 0.05) is 12.1 Å². The lowest BCUT2D eigenvalue weighted by atomic mass is 10.0. The second-order valence-corrected chi connectivity index (χ2v) is 6.45. The van der Waals surface area contributed by atoms with E-state index in [1.54, 1.807) is 31.2 Å². The fourth-order valence-electron chi connectivity index (χ4n) is 3.08. The van der Waals surface area contributed by atoms with E-state index in [9.17, 15) is 9.59 Å². The molecule has 2 unspecified atom stereocenters. The fraction of sp³-hybridized carbons (Fsp3) is 0.364. The van der Waals surface area contributed by atoms with Crippen LogP contribution in [0.15, 0.2) is 60.7 Å². The molecule has 0 aliphatic carbocycles. The summed E-state index contributed by atoms with van der Waals surface area (Å²) in [6.07, 6.45) is 0. The zero-order valence-electron chi connectivity index (χ0n) is 16.3. The van der Waals surface area contributed by atoms with E-state index in [4.69, 9.17) is 0 Å². The first-order valence-corrected chi connectivity index (χ1v) is 9.49. The van der Waals surface area contributed by atoms with Crippen LogP contribution in [0.25, 0.3) is 0 Å². The van der Waals surface area contributed by atoms with Gasteiger partial charge >= 0.3 is 0 Å². The predicted octanol–water partition coefficient (Wildman–Crippen LogP) is 3.00. The van der Waals surface area contributed by atoms with Crippen molar-refractivity contribution in [2.24, 2.45) is 0 Å². The van der Waals surface area contributed by atoms with Crippen LogP contribution in [-0.2, 0) is 4.79 Å². The summed E-state index contributed by atoms with van der Waals surface area (Å²) in [6, 6.07) is 18.6. The summed E-state index contributed by atoms with van der Waals surface area (Å²) in [5.41, 5.74) is 1.71. The maximum absolute atomic E-state index is 12.5. The second-order valence-electron chi connectivity index (χ2n) is 6.45. The van der Waals surface area contributed by atoms with E-state index in [1.165, 1.54) is 5.56 Å². The zero-order valence-corrected chi connectivity index (χ0v) is 16.3. The summed E-state index contributed by atoms with van der Waals surface area (Å²) >= 11 is 0. The molecule has 0 saturated heterocycles. The molecular formula is C22H29N3O2. The van der Waals surface area contributed by atoms with Gasteiger partial charge in [0.2, 0.25) is 5.91 Å².